The first-order chi connectivity index (χ1) is 6.15. The van der Waals surface area contributed by atoms with Gasteiger partial charge >= 0.3 is 0 Å². The summed E-state index contributed by atoms with van der Waals surface area (Å²) in [6, 6.07) is 7.30. The van der Waals surface area contributed by atoms with Crippen LogP contribution >= 0.6 is 15.9 Å². The maximum atomic E-state index is 10.7. The van der Waals surface area contributed by atoms with Gasteiger partial charge in [0.25, 0.3) is 0 Å². The molecule has 1 atom stereocenters. The van der Waals surface area contributed by atoms with Crippen LogP contribution in [0.15, 0.2) is 28.7 Å². The number of rotatable bonds is 3. The van der Waals surface area contributed by atoms with E-state index in [1.54, 1.807) is 6.07 Å². The molecule has 0 N–H and O–H groups in total. The van der Waals surface area contributed by atoms with E-state index in [9.17, 15) is 9.90 Å². The molecule has 0 aliphatic carbocycles. The Labute approximate surface area is 85.7 Å². The van der Waals surface area contributed by atoms with E-state index in [2.05, 4.69) is 15.9 Å². The van der Waals surface area contributed by atoms with E-state index >= 15 is 0 Å². The molecule has 0 aliphatic heterocycles. The highest BCUT2D eigenvalue weighted by molar-refractivity contribution is 9.10. The summed E-state index contributed by atoms with van der Waals surface area (Å²) in [6.07, 6.45) is 0.554. The van der Waals surface area contributed by atoms with E-state index in [-0.39, 0.29) is 0 Å². The van der Waals surface area contributed by atoms with Crippen molar-refractivity contribution in [1.82, 2.24) is 0 Å². The average molecular weight is 242 g/mol. The fourth-order valence-corrected chi connectivity index (χ4v) is 1.68. The standard InChI is InChI=1S/C10H11BrO2/c1-2-9(10(12)13)7-4-3-5-8(11)6-7/h3-6,9H,2H2,1H3,(H,12,13)/p-1. The molecule has 0 bridgehead atoms. The highest BCUT2D eigenvalue weighted by Crippen LogP contribution is 2.21. The molecule has 3 heteroatoms. The maximum Gasteiger partial charge on any atom is 0.0489 e. The van der Waals surface area contributed by atoms with Crippen molar-refractivity contribution in [3.63, 3.8) is 0 Å². The Morgan fingerprint density at radius 2 is 2.31 bits per heavy atom. The third-order valence-corrected chi connectivity index (χ3v) is 2.44. The highest BCUT2D eigenvalue weighted by atomic mass is 79.9. The number of carbonyl (C=O) groups is 1. The Balaban J connectivity index is 2.98. The van der Waals surface area contributed by atoms with Gasteiger partial charge in [0, 0.05) is 16.4 Å². The number of carboxylic acids is 1. The summed E-state index contributed by atoms with van der Waals surface area (Å²) in [5.74, 6) is -1.52. The smallest absolute Gasteiger partial charge is 0.0489 e. The van der Waals surface area contributed by atoms with E-state index in [0.717, 1.165) is 10.0 Å². The Bertz CT molecular complexity index is 310. The van der Waals surface area contributed by atoms with Gasteiger partial charge in [-0.3, -0.25) is 0 Å². The summed E-state index contributed by atoms with van der Waals surface area (Å²) in [5.41, 5.74) is 0.789. The third kappa shape index (κ3) is 2.56. The first-order valence-corrected chi connectivity index (χ1v) is 4.90. The van der Waals surface area contributed by atoms with Crippen LogP contribution in [0.25, 0.3) is 0 Å². The van der Waals surface area contributed by atoms with E-state index in [0.29, 0.717) is 6.42 Å². The van der Waals surface area contributed by atoms with Gasteiger partial charge in [-0.05, 0) is 24.1 Å². The molecule has 0 radical (unpaired) electrons. The average Bonchev–Trinajstić information content (AvgIpc) is 2.04. The lowest BCUT2D eigenvalue weighted by atomic mass is 9.97. The van der Waals surface area contributed by atoms with Crippen LogP contribution in [-0.2, 0) is 4.79 Å². The molecule has 0 saturated carbocycles. The van der Waals surface area contributed by atoms with Gasteiger partial charge in [0.05, 0.1) is 0 Å². The van der Waals surface area contributed by atoms with Crippen molar-refractivity contribution in [2.45, 2.75) is 19.3 Å². The predicted octanol–water partition coefficient (Wildman–Crippen LogP) is 1.69. The van der Waals surface area contributed by atoms with Crippen molar-refractivity contribution >= 4 is 21.9 Å². The summed E-state index contributed by atoms with van der Waals surface area (Å²) in [6.45, 7) is 1.83. The molecule has 0 heterocycles. The lowest BCUT2D eigenvalue weighted by Crippen LogP contribution is -2.29. The molecule has 1 rings (SSSR count). The summed E-state index contributed by atoms with van der Waals surface area (Å²) in [5, 5.41) is 10.7. The first kappa shape index (κ1) is 10.3. The summed E-state index contributed by atoms with van der Waals surface area (Å²) < 4.78 is 0.893. The van der Waals surface area contributed by atoms with Gasteiger partial charge in [0.1, 0.15) is 0 Å². The molecule has 1 aromatic rings. The summed E-state index contributed by atoms with van der Waals surface area (Å²) in [7, 11) is 0. The zero-order valence-electron chi connectivity index (χ0n) is 7.29. The van der Waals surface area contributed by atoms with Crippen LogP contribution in [0.2, 0.25) is 0 Å². The fourth-order valence-electron chi connectivity index (χ4n) is 1.26. The van der Waals surface area contributed by atoms with Crippen molar-refractivity contribution in [3.05, 3.63) is 34.3 Å². The van der Waals surface area contributed by atoms with Crippen LogP contribution in [0.5, 0.6) is 0 Å². The topological polar surface area (TPSA) is 40.1 Å². The number of benzene rings is 1. The number of carbonyl (C=O) groups excluding carboxylic acids is 1. The fraction of sp³-hybridized carbons (Fsp3) is 0.300. The Hall–Kier alpha value is -0.830. The predicted molar refractivity (Wildman–Crippen MR) is 52.2 cm³/mol. The minimum atomic E-state index is -1.01. The minimum Gasteiger partial charge on any atom is -0.549 e. The van der Waals surface area contributed by atoms with Crippen molar-refractivity contribution in [3.8, 4) is 0 Å². The van der Waals surface area contributed by atoms with Gasteiger partial charge in [0.2, 0.25) is 0 Å². The molecule has 13 heavy (non-hydrogen) atoms. The van der Waals surface area contributed by atoms with E-state index in [1.165, 1.54) is 0 Å². The van der Waals surface area contributed by atoms with Crippen LogP contribution in [0, 0.1) is 0 Å². The largest absolute Gasteiger partial charge is 0.549 e. The Kier molecular flexibility index (Phi) is 3.48. The van der Waals surface area contributed by atoms with Crippen molar-refractivity contribution < 1.29 is 9.90 Å². The number of aliphatic carboxylic acids is 1. The Morgan fingerprint density at radius 3 is 2.77 bits per heavy atom. The monoisotopic (exact) mass is 241 g/mol. The lowest BCUT2D eigenvalue weighted by Gasteiger charge is -2.16. The van der Waals surface area contributed by atoms with Crippen molar-refractivity contribution in [1.29, 1.82) is 0 Å². The van der Waals surface area contributed by atoms with Crippen LogP contribution in [0.1, 0.15) is 24.8 Å². The maximum absolute atomic E-state index is 10.7. The van der Waals surface area contributed by atoms with E-state index in [1.807, 2.05) is 25.1 Å². The van der Waals surface area contributed by atoms with Gasteiger partial charge < -0.3 is 9.90 Å². The van der Waals surface area contributed by atoms with E-state index in [4.69, 9.17) is 0 Å². The zero-order valence-corrected chi connectivity index (χ0v) is 8.87. The molecule has 0 aromatic heterocycles. The summed E-state index contributed by atoms with van der Waals surface area (Å²) in [4.78, 5) is 10.7. The normalized spacial score (nSPS) is 12.5. The minimum absolute atomic E-state index is 0.502. The van der Waals surface area contributed by atoms with Crippen molar-refractivity contribution in [2.75, 3.05) is 0 Å². The zero-order chi connectivity index (χ0) is 9.84. The number of halogens is 1. The molecule has 1 unspecified atom stereocenters. The second-order valence-electron chi connectivity index (χ2n) is 2.83. The molecule has 0 saturated heterocycles. The van der Waals surface area contributed by atoms with Gasteiger partial charge in [-0.1, -0.05) is 35.0 Å². The molecule has 0 aliphatic rings. The van der Waals surface area contributed by atoms with Crippen LogP contribution in [-0.4, -0.2) is 5.97 Å². The number of carboxylic acid groups (broad SMARTS) is 1. The highest BCUT2D eigenvalue weighted by Gasteiger charge is 2.09. The van der Waals surface area contributed by atoms with Gasteiger partial charge in [-0.25, -0.2) is 0 Å². The molecule has 0 amide bonds. The molecule has 0 spiro atoms. The molecular weight excluding hydrogens is 232 g/mol. The molecule has 70 valence electrons. The van der Waals surface area contributed by atoms with Crippen LogP contribution in [0.3, 0.4) is 0 Å². The quantitative estimate of drug-likeness (QED) is 0.809. The molecular formula is C10H10BrO2-. The molecule has 1 aromatic carbocycles. The van der Waals surface area contributed by atoms with Crippen LogP contribution in [0.4, 0.5) is 0 Å². The Morgan fingerprint density at radius 1 is 1.62 bits per heavy atom. The van der Waals surface area contributed by atoms with Gasteiger partial charge in [-0.15, -0.1) is 0 Å². The van der Waals surface area contributed by atoms with Gasteiger partial charge in [0.15, 0.2) is 0 Å². The first-order valence-electron chi connectivity index (χ1n) is 4.11. The molecule has 0 fully saturated rings. The van der Waals surface area contributed by atoms with Crippen LogP contribution < -0.4 is 5.11 Å². The van der Waals surface area contributed by atoms with Crippen molar-refractivity contribution in [2.24, 2.45) is 0 Å². The number of hydrogen-bond donors (Lipinski definition) is 0. The second-order valence-corrected chi connectivity index (χ2v) is 3.75. The van der Waals surface area contributed by atoms with E-state index < -0.39 is 11.9 Å². The number of hydrogen-bond acceptors (Lipinski definition) is 2. The summed E-state index contributed by atoms with van der Waals surface area (Å²) >= 11 is 3.30. The third-order valence-electron chi connectivity index (χ3n) is 1.94. The second kappa shape index (κ2) is 4.42. The van der Waals surface area contributed by atoms with Gasteiger partial charge in [-0.2, -0.15) is 0 Å². The molecule has 2 nitrogen and oxygen atoms in total. The lowest BCUT2D eigenvalue weighted by molar-refractivity contribution is -0.308. The SMILES string of the molecule is CCC(C(=O)[O-])c1cccc(Br)c1.